The van der Waals surface area contributed by atoms with Crippen molar-refractivity contribution in [1.29, 1.82) is 0 Å². The molecule has 0 aromatic carbocycles. The molecule has 0 radical (unpaired) electrons. The lowest BCUT2D eigenvalue weighted by molar-refractivity contribution is 0.0696. The van der Waals surface area contributed by atoms with Crippen molar-refractivity contribution in [3.63, 3.8) is 0 Å². The van der Waals surface area contributed by atoms with Crippen LogP contribution in [0.15, 0.2) is 27.6 Å². The van der Waals surface area contributed by atoms with Crippen molar-refractivity contribution in [3.05, 3.63) is 46.0 Å². The molecule has 0 aliphatic heterocycles. The lowest BCUT2D eigenvalue weighted by Gasteiger charge is -2.01. The Balaban J connectivity index is 1.82. The highest BCUT2D eigenvalue weighted by Crippen LogP contribution is 2.38. The van der Waals surface area contributed by atoms with Gasteiger partial charge in [-0.3, -0.25) is 4.79 Å². The van der Waals surface area contributed by atoms with Crippen molar-refractivity contribution in [1.82, 2.24) is 14.7 Å². The van der Waals surface area contributed by atoms with Gasteiger partial charge in [-0.15, -0.1) is 0 Å². The Morgan fingerprint density at radius 3 is 2.95 bits per heavy atom. The van der Waals surface area contributed by atoms with Crippen LogP contribution >= 0.6 is 0 Å². The van der Waals surface area contributed by atoms with Crippen LogP contribution in [-0.4, -0.2) is 25.8 Å². The Bertz CT molecular complexity index is 684. The van der Waals surface area contributed by atoms with Gasteiger partial charge in [0.05, 0.1) is 12.1 Å². The average molecular weight is 261 g/mol. The Kier molecular flexibility index (Phi) is 2.66. The maximum atomic E-state index is 11.7. The Morgan fingerprint density at radius 2 is 2.32 bits per heavy atom. The summed E-state index contributed by atoms with van der Waals surface area (Å²) < 4.78 is 6.43. The van der Waals surface area contributed by atoms with E-state index >= 15 is 0 Å². The van der Waals surface area contributed by atoms with Gasteiger partial charge in [0.2, 0.25) is 5.89 Å². The van der Waals surface area contributed by atoms with Gasteiger partial charge in [-0.05, 0) is 18.9 Å². The van der Waals surface area contributed by atoms with Crippen LogP contribution in [0, 0.1) is 0 Å². The molecule has 0 bridgehead atoms. The largest absolute Gasteiger partial charge is 0.478 e. The number of hydrogen-bond donors (Lipinski definition) is 1. The van der Waals surface area contributed by atoms with E-state index < -0.39 is 11.5 Å². The molecule has 2 heterocycles. The third-order valence-electron chi connectivity index (χ3n) is 2.97. The van der Waals surface area contributed by atoms with Crippen LogP contribution in [-0.2, 0) is 6.54 Å². The molecule has 98 valence electrons. The minimum Gasteiger partial charge on any atom is -0.478 e. The number of carboxylic acid groups (broad SMARTS) is 1. The van der Waals surface area contributed by atoms with Gasteiger partial charge in [0.15, 0.2) is 5.82 Å². The quantitative estimate of drug-likeness (QED) is 0.876. The lowest BCUT2D eigenvalue weighted by atomic mass is 10.3. The molecule has 2 aromatic rings. The first-order valence-electron chi connectivity index (χ1n) is 5.90. The minimum absolute atomic E-state index is 0.0342. The van der Waals surface area contributed by atoms with Crippen LogP contribution in [0.1, 0.15) is 40.8 Å². The summed E-state index contributed by atoms with van der Waals surface area (Å²) in [6, 6.07) is 2.44. The molecule has 0 unspecified atom stereocenters. The van der Waals surface area contributed by atoms with Crippen LogP contribution in [0.25, 0.3) is 0 Å². The molecular formula is C12H11N3O4. The summed E-state index contributed by atoms with van der Waals surface area (Å²) in [5.41, 5.74) is -0.439. The van der Waals surface area contributed by atoms with E-state index in [1.807, 2.05) is 0 Å². The fraction of sp³-hybridized carbons (Fsp3) is 0.333. The van der Waals surface area contributed by atoms with E-state index in [4.69, 9.17) is 9.63 Å². The van der Waals surface area contributed by atoms with E-state index in [9.17, 15) is 9.59 Å². The number of pyridine rings is 1. The normalized spacial score (nSPS) is 14.5. The molecule has 7 heteroatoms. The van der Waals surface area contributed by atoms with Crippen molar-refractivity contribution in [2.45, 2.75) is 25.3 Å². The van der Waals surface area contributed by atoms with E-state index in [1.54, 1.807) is 0 Å². The second-order valence-corrected chi connectivity index (χ2v) is 4.51. The molecular weight excluding hydrogens is 250 g/mol. The van der Waals surface area contributed by atoms with Crippen molar-refractivity contribution in [3.8, 4) is 0 Å². The summed E-state index contributed by atoms with van der Waals surface area (Å²) in [4.78, 5) is 26.6. The molecule has 7 nitrogen and oxygen atoms in total. The van der Waals surface area contributed by atoms with Gasteiger partial charge < -0.3 is 14.2 Å². The number of hydrogen-bond acceptors (Lipinski definition) is 5. The van der Waals surface area contributed by atoms with Crippen LogP contribution < -0.4 is 5.56 Å². The van der Waals surface area contributed by atoms with E-state index in [1.165, 1.54) is 16.8 Å². The van der Waals surface area contributed by atoms with Gasteiger partial charge in [0.25, 0.3) is 5.56 Å². The van der Waals surface area contributed by atoms with Gasteiger partial charge in [0, 0.05) is 18.2 Å². The standard InChI is InChI=1S/C12H11N3O4/c16-10-5-8(12(17)18)3-4-15(10)6-9-13-11(19-14-9)7-1-2-7/h3-5,7H,1-2,6H2,(H,17,18). The number of aromatic carboxylic acids is 1. The highest BCUT2D eigenvalue weighted by Gasteiger charge is 2.29. The van der Waals surface area contributed by atoms with Gasteiger partial charge >= 0.3 is 5.97 Å². The van der Waals surface area contributed by atoms with Crippen LogP contribution in [0.2, 0.25) is 0 Å². The molecule has 1 N–H and O–H groups in total. The molecule has 1 aliphatic rings. The summed E-state index contributed by atoms with van der Waals surface area (Å²) in [6.45, 7) is 0.176. The number of carbonyl (C=O) groups is 1. The maximum absolute atomic E-state index is 11.7. The zero-order valence-electron chi connectivity index (χ0n) is 9.94. The summed E-state index contributed by atoms with van der Waals surface area (Å²) in [5.74, 6) is 0.282. The molecule has 1 saturated carbocycles. The molecule has 0 saturated heterocycles. The maximum Gasteiger partial charge on any atom is 0.335 e. The Morgan fingerprint density at radius 1 is 1.53 bits per heavy atom. The number of carboxylic acids is 1. The molecule has 1 aliphatic carbocycles. The molecule has 0 spiro atoms. The van der Waals surface area contributed by atoms with Crippen molar-refractivity contribution < 1.29 is 14.4 Å². The summed E-state index contributed by atoms with van der Waals surface area (Å²) in [5, 5.41) is 12.6. The van der Waals surface area contributed by atoms with Crippen LogP contribution in [0.5, 0.6) is 0 Å². The minimum atomic E-state index is -1.13. The zero-order valence-corrected chi connectivity index (χ0v) is 9.94. The lowest BCUT2D eigenvalue weighted by Crippen LogP contribution is -2.21. The highest BCUT2D eigenvalue weighted by molar-refractivity contribution is 5.87. The highest BCUT2D eigenvalue weighted by atomic mass is 16.5. The van der Waals surface area contributed by atoms with Gasteiger partial charge in [-0.1, -0.05) is 5.16 Å². The summed E-state index contributed by atoms with van der Waals surface area (Å²) >= 11 is 0. The predicted molar refractivity (Wildman–Crippen MR) is 63.0 cm³/mol. The fourth-order valence-electron chi connectivity index (χ4n) is 1.75. The molecule has 2 aromatic heterocycles. The summed E-state index contributed by atoms with van der Waals surface area (Å²) in [6.07, 6.45) is 3.54. The third kappa shape index (κ3) is 2.40. The molecule has 1 fully saturated rings. The second-order valence-electron chi connectivity index (χ2n) is 4.51. The average Bonchev–Trinajstić information content (AvgIpc) is 3.12. The topological polar surface area (TPSA) is 98.2 Å². The van der Waals surface area contributed by atoms with Gasteiger partial charge in [-0.25, -0.2) is 4.79 Å². The van der Waals surface area contributed by atoms with Crippen molar-refractivity contribution in [2.75, 3.05) is 0 Å². The Labute approximate surface area is 107 Å². The third-order valence-corrected chi connectivity index (χ3v) is 2.97. The van der Waals surface area contributed by atoms with Crippen LogP contribution in [0.3, 0.4) is 0 Å². The van der Waals surface area contributed by atoms with E-state index in [-0.39, 0.29) is 12.1 Å². The zero-order chi connectivity index (χ0) is 13.4. The molecule has 3 rings (SSSR count). The Hall–Kier alpha value is -2.44. The number of rotatable bonds is 4. The van der Waals surface area contributed by atoms with E-state index in [2.05, 4.69) is 10.1 Å². The first kappa shape index (κ1) is 11.6. The first-order chi connectivity index (χ1) is 9.13. The first-order valence-corrected chi connectivity index (χ1v) is 5.90. The van der Waals surface area contributed by atoms with Crippen LogP contribution in [0.4, 0.5) is 0 Å². The molecule has 0 atom stereocenters. The molecule has 0 amide bonds. The molecule has 19 heavy (non-hydrogen) atoms. The second kappa shape index (κ2) is 4.34. The van der Waals surface area contributed by atoms with Crippen molar-refractivity contribution >= 4 is 5.97 Å². The van der Waals surface area contributed by atoms with E-state index in [0.29, 0.717) is 17.6 Å². The number of aromatic nitrogens is 3. The smallest absolute Gasteiger partial charge is 0.335 e. The van der Waals surface area contributed by atoms with E-state index in [0.717, 1.165) is 18.9 Å². The fourth-order valence-corrected chi connectivity index (χ4v) is 1.75. The SMILES string of the molecule is O=C(O)c1ccn(Cc2noc(C3CC3)n2)c(=O)c1. The monoisotopic (exact) mass is 261 g/mol. The predicted octanol–water partition coefficient (Wildman–Crippen LogP) is 0.855. The summed E-state index contributed by atoms with van der Waals surface area (Å²) in [7, 11) is 0. The van der Waals surface area contributed by atoms with Crippen molar-refractivity contribution in [2.24, 2.45) is 0 Å². The van der Waals surface area contributed by atoms with Gasteiger partial charge in [0.1, 0.15) is 0 Å². The number of nitrogens with zero attached hydrogens (tertiary/aromatic N) is 3. The van der Waals surface area contributed by atoms with Gasteiger partial charge in [-0.2, -0.15) is 4.98 Å².